The van der Waals surface area contributed by atoms with E-state index in [1.165, 1.54) is 11.3 Å². The minimum atomic E-state index is 0.278. The van der Waals surface area contributed by atoms with Crippen LogP contribution in [-0.4, -0.2) is 9.78 Å². The summed E-state index contributed by atoms with van der Waals surface area (Å²) in [6.07, 6.45) is 1.85. The van der Waals surface area contributed by atoms with Crippen LogP contribution in [0.3, 0.4) is 0 Å². The van der Waals surface area contributed by atoms with Crippen molar-refractivity contribution in [1.29, 1.82) is 0 Å². The molecule has 2 aromatic rings. The first-order valence-corrected chi connectivity index (χ1v) is 6.88. The Labute approximate surface area is 115 Å². The Kier molecular flexibility index (Phi) is 4.38. The van der Waals surface area contributed by atoms with Gasteiger partial charge in [0, 0.05) is 25.3 Å². The summed E-state index contributed by atoms with van der Waals surface area (Å²) in [5.41, 5.74) is 2.55. The fourth-order valence-electron chi connectivity index (χ4n) is 2.50. The summed E-state index contributed by atoms with van der Waals surface area (Å²) in [5.74, 6) is 0.540. The summed E-state index contributed by atoms with van der Waals surface area (Å²) in [6.45, 7) is 6.69. The molecule has 2 unspecified atom stereocenters. The van der Waals surface area contributed by atoms with E-state index >= 15 is 0 Å². The van der Waals surface area contributed by atoms with Crippen molar-refractivity contribution < 1.29 is 0 Å². The maximum Gasteiger partial charge on any atom is 0.0547 e. The molecule has 0 fully saturated rings. The summed E-state index contributed by atoms with van der Waals surface area (Å²) in [5, 5.41) is 7.95. The maximum absolute atomic E-state index is 4.24. The van der Waals surface area contributed by atoms with Crippen LogP contribution in [0.2, 0.25) is 0 Å². The van der Waals surface area contributed by atoms with E-state index in [1.54, 1.807) is 0 Å². The van der Waals surface area contributed by atoms with E-state index < -0.39 is 0 Å². The Bertz CT molecular complexity index is 502. The molecule has 0 aliphatic heterocycles. The van der Waals surface area contributed by atoms with Gasteiger partial charge in [0.15, 0.2) is 0 Å². The zero-order valence-corrected chi connectivity index (χ0v) is 12.2. The van der Waals surface area contributed by atoms with Crippen molar-refractivity contribution in [2.75, 3.05) is 0 Å². The SMILES string of the molecule is CC(NC(c1ccccc1)C(C)C)c1ccnn1C. The molecule has 2 rings (SSSR count). The molecule has 0 aliphatic rings. The van der Waals surface area contributed by atoms with Crippen molar-refractivity contribution in [1.82, 2.24) is 15.1 Å². The number of nitrogens with one attached hydrogen (secondary N) is 1. The summed E-state index contributed by atoms with van der Waals surface area (Å²) in [6, 6.07) is 13.3. The molecule has 3 nitrogen and oxygen atoms in total. The lowest BCUT2D eigenvalue weighted by molar-refractivity contribution is 0.365. The average Bonchev–Trinajstić information content (AvgIpc) is 2.82. The fourth-order valence-corrected chi connectivity index (χ4v) is 2.50. The number of nitrogens with zero attached hydrogens (tertiary/aromatic N) is 2. The highest BCUT2D eigenvalue weighted by molar-refractivity contribution is 5.20. The van der Waals surface area contributed by atoms with Crippen molar-refractivity contribution in [3.63, 3.8) is 0 Å². The molecule has 19 heavy (non-hydrogen) atoms. The first-order chi connectivity index (χ1) is 9.09. The number of hydrogen-bond acceptors (Lipinski definition) is 2. The predicted octanol–water partition coefficient (Wildman–Crippen LogP) is 3.47. The van der Waals surface area contributed by atoms with Gasteiger partial charge in [-0.25, -0.2) is 0 Å². The zero-order chi connectivity index (χ0) is 13.8. The quantitative estimate of drug-likeness (QED) is 0.889. The second kappa shape index (κ2) is 6.02. The third-order valence-corrected chi connectivity index (χ3v) is 3.56. The summed E-state index contributed by atoms with van der Waals surface area (Å²) < 4.78 is 1.93. The van der Waals surface area contributed by atoms with Crippen LogP contribution >= 0.6 is 0 Å². The van der Waals surface area contributed by atoms with Gasteiger partial charge in [-0.2, -0.15) is 5.10 Å². The molecule has 0 amide bonds. The number of hydrogen-bond donors (Lipinski definition) is 1. The highest BCUT2D eigenvalue weighted by Crippen LogP contribution is 2.25. The first-order valence-electron chi connectivity index (χ1n) is 6.88. The molecule has 0 saturated carbocycles. The Balaban J connectivity index is 2.16. The van der Waals surface area contributed by atoms with Crippen LogP contribution in [-0.2, 0) is 7.05 Å². The number of benzene rings is 1. The van der Waals surface area contributed by atoms with Gasteiger partial charge < -0.3 is 5.32 Å². The van der Waals surface area contributed by atoms with E-state index in [2.05, 4.69) is 67.6 Å². The van der Waals surface area contributed by atoms with Crippen molar-refractivity contribution in [3.05, 3.63) is 53.9 Å². The molecule has 0 bridgehead atoms. The Morgan fingerprint density at radius 3 is 2.26 bits per heavy atom. The molecule has 3 heteroatoms. The van der Waals surface area contributed by atoms with Crippen molar-refractivity contribution in [2.24, 2.45) is 13.0 Å². The number of aryl methyl sites for hydroxylation is 1. The van der Waals surface area contributed by atoms with E-state index in [9.17, 15) is 0 Å². The van der Waals surface area contributed by atoms with Crippen molar-refractivity contribution in [3.8, 4) is 0 Å². The molecule has 102 valence electrons. The lowest BCUT2D eigenvalue weighted by Gasteiger charge is -2.27. The molecular formula is C16H23N3. The topological polar surface area (TPSA) is 29.9 Å². The van der Waals surface area contributed by atoms with E-state index in [4.69, 9.17) is 0 Å². The minimum Gasteiger partial charge on any atom is -0.302 e. The smallest absolute Gasteiger partial charge is 0.0547 e. The minimum absolute atomic E-state index is 0.278. The highest BCUT2D eigenvalue weighted by Gasteiger charge is 2.19. The second-order valence-corrected chi connectivity index (χ2v) is 5.40. The average molecular weight is 257 g/mol. The molecule has 0 spiro atoms. The van der Waals surface area contributed by atoms with Crippen LogP contribution in [0.15, 0.2) is 42.6 Å². The monoisotopic (exact) mass is 257 g/mol. The lowest BCUT2D eigenvalue weighted by Crippen LogP contribution is -2.29. The maximum atomic E-state index is 4.24. The van der Waals surface area contributed by atoms with Crippen LogP contribution in [0.25, 0.3) is 0 Å². The normalized spacial score (nSPS) is 14.6. The van der Waals surface area contributed by atoms with Gasteiger partial charge in [0.25, 0.3) is 0 Å². The van der Waals surface area contributed by atoms with Crippen molar-refractivity contribution in [2.45, 2.75) is 32.9 Å². The van der Waals surface area contributed by atoms with E-state index in [0.717, 1.165) is 0 Å². The Morgan fingerprint density at radius 1 is 1.05 bits per heavy atom. The molecule has 1 N–H and O–H groups in total. The molecule has 0 aliphatic carbocycles. The standard InChI is InChI=1S/C16H23N3/c1-12(2)16(14-8-6-5-7-9-14)18-13(3)15-10-11-17-19(15)4/h5-13,16,18H,1-4H3. The van der Waals surface area contributed by atoms with Crippen molar-refractivity contribution >= 4 is 0 Å². The van der Waals surface area contributed by atoms with Crippen LogP contribution in [0.1, 0.15) is 44.1 Å². The summed E-state index contributed by atoms with van der Waals surface area (Å²) in [4.78, 5) is 0. The van der Waals surface area contributed by atoms with Gasteiger partial charge in [-0.3, -0.25) is 4.68 Å². The molecule has 1 aromatic heterocycles. The van der Waals surface area contributed by atoms with E-state index in [0.29, 0.717) is 12.0 Å². The van der Waals surface area contributed by atoms with Crippen LogP contribution in [0.4, 0.5) is 0 Å². The Morgan fingerprint density at radius 2 is 1.74 bits per heavy atom. The third-order valence-electron chi connectivity index (χ3n) is 3.56. The van der Waals surface area contributed by atoms with Gasteiger partial charge in [0.1, 0.15) is 0 Å². The van der Waals surface area contributed by atoms with Gasteiger partial charge in [-0.05, 0) is 24.5 Å². The Hall–Kier alpha value is -1.61. The molecule has 0 saturated heterocycles. The second-order valence-electron chi connectivity index (χ2n) is 5.40. The summed E-state index contributed by atoms with van der Waals surface area (Å²) >= 11 is 0. The van der Waals surface area contributed by atoms with E-state index in [1.807, 2.05) is 17.9 Å². The molecule has 0 radical (unpaired) electrons. The van der Waals surface area contributed by atoms with Gasteiger partial charge in [0.05, 0.1) is 5.69 Å². The van der Waals surface area contributed by atoms with Gasteiger partial charge in [-0.15, -0.1) is 0 Å². The number of rotatable bonds is 5. The molecule has 2 atom stereocenters. The van der Waals surface area contributed by atoms with Gasteiger partial charge in [-0.1, -0.05) is 44.2 Å². The lowest BCUT2D eigenvalue weighted by atomic mass is 9.95. The van der Waals surface area contributed by atoms with Crippen LogP contribution in [0, 0.1) is 5.92 Å². The van der Waals surface area contributed by atoms with E-state index in [-0.39, 0.29) is 6.04 Å². The molecule has 1 aromatic carbocycles. The van der Waals surface area contributed by atoms with Gasteiger partial charge in [0.2, 0.25) is 0 Å². The third kappa shape index (κ3) is 3.24. The molecule has 1 heterocycles. The fraction of sp³-hybridized carbons (Fsp3) is 0.438. The first kappa shape index (κ1) is 13.8. The van der Waals surface area contributed by atoms with Crippen LogP contribution in [0.5, 0.6) is 0 Å². The predicted molar refractivity (Wildman–Crippen MR) is 78.8 cm³/mol. The zero-order valence-electron chi connectivity index (χ0n) is 12.2. The molecular weight excluding hydrogens is 234 g/mol. The largest absolute Gasteiger partial charge is 0.302 e. The highest BCUT2D eigenvalue weighted by atomic mass is 15.3. The summed E-state index contributed by atoms with van der Waals surface area (Å²) in [7, 11) is 1.99. The van der Waals surface area contributed by atoms with Crippen LogP contribution < -0.4 is 5.32 Å². The number of aromatic nitrogens is 2. The van der Waals surface area contributed by atoms with Gasteiger partial charge >= 0.3 is 0 Å².